The zero-order chi connectivity index (χ0) is 22.0. The summed E-state index contributed by atoms with van der Waals surface area (Å²) < 4.78 is 7.19. The lowest BCUT2D eigenvalue weighted by atomic mass is 9.87. The molecule has 4 rings (SSSR count). The van der Waals surface area contributed by atoms with Crippen molar-refractivity contribution in [2.45, 2.75) is 57.0 Å². The summed E-state index contributed by atoms with van der Waals surface area (Å²) in [4.78, 5) is 22.1. The van der Waals surface area contributed by atoms with Crippen LogP contribution in [0.2, 0.25) is 0 Å². The molecule has 7 heteroatoms. The molecule has 2 aromatic carbocycles. The summed E-state index contributed by atoms with van der Waals surface area (Å²) >= 11 is 1.44. The van der Waals surface area contributed by atoms with E-state index in [1.165, 1.54) is 17.3 Å². The van der Waals surface area contributed by atoms with E-state index in [1.54, 1.807) is 4.57 Å². The van der Waals surface area contributed by atoms with E-state index in [-0.39, 0.29) is 11.0 Å². The summed E-state index contributed by atoms with van der Waals surface area (Å²) in [7, 11) is 0. The van der Waals surface area contributed by atoms with Gasteiger partial charge in [0.25, 0.3) is 5.56 Å². The molecule has 0 bridgehead atoms. The Morgan fingerprint density at radius 2 is 1.77 bits per heavy atom. The predicted molar refractivity (Wildman–Crippen MR) is 124 cm³/mol. The molecule has 0 spiro atoms. The highest BCUT2D eigenvalue weighted by Crippen LogP contribution is 2.26. The zero-order valence-electron chi connectivity index (χ0n) is 18.3. The van der Waals surface area contributed by atoms with E-state index < -0.39 is 0 Å². The van der Waals surface area contributed by atoms with Crippen molar-refractivity contribution < 1.29 is 4.52 Å². The van der Waals surface area contributed by atoms with Crippen molar-refractivity contribution in [1.29, 1.82) is 0 Å². The highest BCUT2D eigenvalue weighted by Gasteiger charge is 2.16. The maximum atomic E-state index is 12.9. The molecule has 0 amide bonds. The van der Waals surface area contributed by atoms with Crippen LogP contribution in [0.15, 0.2) is 63.0 Å². The summed E-state index contributed by atoms with van der Waals surface area (Å²) in [6.45, 7) is 9.22. The minimum absolute atomic E-state index is 0.0138. The van der Waals surface area contributed by atoms with Crippen LogP contribution in [0.25, 0.3) is 22.3 Å². The van der Waals surface area contributed by atoms with Crippen molar-refractivity contribution in [3.05, 3.63) is 70.3 Å². The van der Waals surface area contributed by atoms with E-state index in [0.717, 1.165) is 12.0 Å². The fraction of sp³-hybridized carbons (Fsp3) is 0.333. The lowest BCUT2D eigenvalue weighted by Gasteiger charge is -2.18. The highest BCUT2D eigenvalue weighted by atomic mass is 32.2. The fourth-order valence-electron chi connectivity index (χ4n) is 3.35. The summed E-state index contributed by atoms with van der Waals surface area (Å²) in [6, 6.07) is 15.7. The Kier molecular flexibility index (Phi) is 5.96. The van der Waals surface area contributed by atoms with Gasteiger partial charge in [-0.15, -0.1) is 0 Å². The van der Waals surface area contributed by atoms with E-state index in [1.807, 2.05) is 43.3 Å². The van der Waals surface area contributed by atoms with E-state index >= 15 is 0 Å². The molecule has 0 saturated carbocycles. The Balaban J connectivity index is 1.55. The topological polar surface area (TPSA) is 73.8 Å². The van der Waals surface area contributed by atoms with E-state index in [9.17, 15) is 4.79 Å². The molecule has 2 heterocycles. The molecule has 0 radical (unpaired) electrons. The number of hydrogen-bond donors (Lipinski definition) is 0. The normalized spacial score (nSPS) is 11.9. The number of fused-ring (bicyclic) bond motifs is 1. The number of aromatic nitrogens is 4. The van der Waals surface area contributed by atoms with Crippen LogP contribution in [0.3, 0.4) is 0 Å². The van der Waals surface area contributed by atoms with Crippen molar-refractivity contribution in [2.24, 2.45) is 0 Å². The smallest absolute Gasteiger partial charge is 0.262 e. The van der Waals surface area contributed by atoms with Crippen molar-refractivity contribution in [3.8, 4) is 11.4 Å². The molecule has 6 nitrogen and oxygen atoms in total. The summed E-state index contributed by atoms with van der Waals surface area (Å²) in [6.07, 6.45) is 0.850. The van der Waals surface area contributed by atoms with Crippen LogP contribution >= 0.6 is 11.8 Å². The average molecular weight is 435 g/mol. The van der Waals surface area contributed by atoms with Gasteiger partial charge in [0, 0.05) is 12.1 Å². The Labute approximate surface area is 185 Å². The van der Waals surface area contributed by atoms with Crippen molar-refractivity contribution >= 4 is 22.7 Å². The fourth-order valence-corrected chi connectivity index (χ4v) is 4.22. The first-order valence-corrected chi connectivity index (χ1v) is 11.4. The van der Waals surface area contributed by atoms with Gasteiger partial charge in [-0.25, -0.2) is 4.98 Å². The second kappa shape index (κ2) is 8.67. The number of thioether (sulfide) groups is 1. The van der Waals surface area contributed by atoms with Crippen LogP contribution in [-0.2, 0) is 17.7 Å². The van der Waals surface area contributed by atoms with Crippen LogP contribution in [0.4, 0.5) is 0 Å². The molecule has 0 N–H and O–H groups in total. The molecule has 31 heavy (non-hydrogen) atoms. The van der Waals surface area contributed by atoms with Crippen LogP contribution in [0.5, 0.6) is 0 Å². The Morgan fingerprint density at radius 3 is 2.48 bits per heavy atom. The van der Waals surface area contributed by atoms with Gasteiger partial charge < -0.3 is 4.52 Å². The predicted octanol–water partition coefficient (Wildman–Crippen LogP) is 5.45. The summed E-state index contributed by atoms with van der Waals surface area (Å²) in [5, 5.41) is 5.43. The third-order valence-corrected chi connectivity index (χ3v) is 6.04. The second-order valence-electron chi connectivity index (χ2n) is 8.50. The van der Waals surface area contributed by atoms with Gasteiger partial charge in [0.15, 0.2) is 5.16 Å². The second-order valence-corrected chi connectivity index (χ2v) is 9.44. The van der Waals surface area contributed by atoms with Gasteiger partial charge in [0.05, 0.1) is 16.7 Å². The van der Waals surface area contributed by atoms with E-state index in [0.29, 0.717) is 40.1 Å². The first kappa shape index (κ1) is 21.3. The first-order valence-electron chi connectivity index (χ1n) is 10.4. The van der Waals surface area contributed by atoms with Crippen LogP contribution in [-0.4, -0.2) is 19.7 Å². The molecule has 0 aliphatic heterocycles. The third kappa shape index (κ3) is 4.56. The molecule has 0 aliphatic carbocycles. The number of benzene rings is 2. The van der Waals surface area contributed by atoms with Crippen LogP contribution in [0.1, 0.15) is 45.6 Å². The molecule has 160 valence electrons. The maximum absolute atomic E-state index is 12.9. The van der Waals surface area contributed by atoms with E-state index in [4.69, 9.17) is 9.51 Å². The molecule has 0 saturated heterocycles. The zero-order valence-corrected chi connectivity index (χ0v) is 19.1. The third-order valence-electron chi connectivity index (χ3n) is 5.08. The molecule has 0 atom stereocenters. The maximum Gasteiger partial charge on any atom is 0.262 e. The quantitative estimate of drug-likeness (QED) is 0.297. The van der Waals surface area contributed by atoms with Crippen LogP contribution < -0.4 is 5.56 Å². The number of para-hydroxylation sites is 1. The lowest BCUT2D eigenvalue weighted by molar-refractivity contribution is 0.391. The Morgan fingerprint density at radius 1 is 1.03 bits per heavy atom. The van der Waals surface area contributed by atoms with Crippen molar-refractivity contribution in [1.82, 2.24) is 19.7 Å². The molecule has 0 aliphatic rings. The molecular formula is C24H26N4O2S. The van der Waals surface area contributed by atoms with Gasteiger partial charge in [-0.1, -0.05) is 81.0 Å². The average Bonchev–Trinajstić information content (AvgIpc) is 3.23. The molecule has 0 fully saturated rings. The highest BCUT2D eigenvalue weighted by molar-refractivity contribution is 7.98. The summed E-state index contributed by atoms with van der Waals surface area (Å²) in [5.74, 6) is 1.51. The minimum atomic E-state index is -0.0138. The number of rotatable bonds is 6. The van der Waals surface area contributed by atoms with Gasteiger partial charge in [-0.3, -0.25) is 9.36 Å². The first-order chi connectivity index (χ1) is 14.9. The standard InChI is InChI=1S/C24H26N4O2S/c1-5-14-28-22(29)18-8-6-7-9-19(18)25-23(28)31-15-20-26-21(27-30-20)16-10-12-17(13-11-16)24(2,3)4/h6-13H,5,14-15H2,1-4H3. The minimum Gasteiger partial charge on any atom is -0.338 e. The van der Waals surface area contributed by atoms with Gasteiger partial charge in [-0.05, 0) is 29.5 Å². The summed E-state index contributed by atoms with van der Waals surface area (Å²) in [5.41, 5.74) is 2.96. The van der Waals surface area contributed by atoms with E-state index in [2.05, 4.69) is 43.0 Å². The number of nitrogens with zero attached hydrogens (tertiary/aromatic N) is 4. The van der Waals surface area contributed by atoms with Crippen LogP contribution in [0, 0.1) is 0 Å². The van der Waals surface area contributed by atoms with Gasteiger partial charge in [-0.2, -0.15) is 4.98 Å². The SMILES string of the molecule is CCCn1c(SCc2nc(-c3ccc(C(C)(C)C)cc3)no2)nc2ccccc2c1=O. The Hall–Kier alpha value is -2.93. The van der Waals surface area contributed by atoms with Crippen molar-refractivity contribution in [2.75, 3.05) is 0 Å². The van der Waals surface area contributed by atoms with Gasteiger partial charge >= 0.3 is 0 Å². The van der Waals surface area contributed by atoms with Crippen molar-refractivity contribution in [3.63, 3.8) is 0 Å². The monoisotopic (exact) mass is 434 g/mol. The van der Waals surface area contributed by atoms with Gasteiger partial charge in [0.1, 0.15) is 0 Å². The Bertz CT molecular complexity index is 1250. The molecule has 0 unspecified atom stereocenters. The molecule has 2 aromatic heterocycles. The molecular weight excluding hydrogens is 408 g/mol. The number of hydrogen-bond acceptors (Lipinski definition) is 6. The van der Waals surface area contributed by atoms with Gasteiger partial charge in [0.2, 0.25) is 11.7 Å². The molecule has 4 aromatic rings. The largest absolute Gasteiger partial charge is 0.338 e. The lowest BCUT2D eigenvalue weighted by Crippen LogP contribution is -2.23.